The second-order valence-corrected chi connectivity index (χ2v) is 8.48. The zero-order valence-electron chi connectivity index (χ0n) is 14.4. The van der Waals surface area contributed by atoms with Gasteiger partial charge in [0.2, 0.25) is 0 Å². The van der Waals surface area contributed by atoms with Gasteiger partial charge in [0.25, 0.3) is 0 Å². The average Bonchev–Trinajstić information content (AvgIpc) is 2.90. The van der Waals surface area contributed by atoms with Crippen LogP contribution >= 0.6 is 0 Å². The van der Waals surface area contributed by atoms with Crippen LogP contribution in [0.2, 0.25) is 0 Å². The number of nitrogens with zero attached hydrogens (tertiary/aromatic N) is 2. The lowest BCUT2D eigenvalue weighted by Gasteiger charge is -2.33. The first-order chi connectivity index (χ1) is 10.3. The van der Waals surface area contributed by atoms with Crippen molar-refractivity contribution in [3.8, 4) is 0 Å². The van der Waals surface area contributed by atoms with Gasteiger partial charge in [-0.1, -0.05) is 6.92 Å². The minimum atomic E-state index is -0.413. The summed E-state index contributed by atoms with van der Waals surface area (Å²) in [7, 11) is 0. The third-order valence-corrected chi connectivity index (χ3v) is 5.36. The quantitative estimate of drug-likeness (QED) is 0.745. The maximum Gasteiger partial charge on any atom is 0.410 e. The molecule has 3 aliphatic heterocycles. The fourth-order valence-electron chi connectivity index (χ4n) is 4.18. The first-order valence-corrected chi connectivity index (χ1v) is 8.57. The number of hydrogen-bond acceptors (Lipinski definition) is 4. The molecular weight excluding hydrogens is 280 g/mol. The molecule has 3 aliphatic rings. The van der Waals surface area contributed by atoms with Gasteiger partial charge in [-0.2, -0.15) is 0 Å². The predicted octanol–water partition coefficient (Wildman–Crippen LogP) is 2.35. The standard InChI is InChI=1S/C17H30N2O3/c1-16(2,3)22-15(20)19-10-13-9-18(11-17(13,4)12-19)14-5-7-21-8-6-14/h13-14H,5-12H2,1-4H3/t13-,17-/m1/s1. The Hall–Kier alpha value is -0.810. The topological polar surface area (TPSA) is 42.0 Å². The number of carbonyl (C=O) groups excluding carboxylic acids is 1. The molecule has 0 aliphatic carbocycles. The van der Waals surface area contributed by atoms with Crippen LogP contribution in [0, 0.1) is 11.3 Å². The summed E-state index contributed by atoms with van der Waals surface area (Å²) >= 11 is 0. The highest BCUT2D eigenvalue weighted by Crippen LogP contribution is 2.43. The normalized spacial score (nSPS) is 34.0. The van der Waals surface area contributed by atoms with Crippen molar-refractivity contribution in [3.63, 3.8) is 0 Å². The lowest BCUT2D eigenvalue weighted by molar-refractivity contribution is 0.0215. The molecule has 0 radical (unpaired) electrons. The number of carbonyl (C=O) groups is 1. The minimum absolute atomic E-state index is 0.152. The Balaban J connectivity index is 1.58. The SMILES string of the molecule is CC(C)(C)OC(=O)N1C[C@H]2CN(C3CCOCC3)C[C@]2(C)C1. The maximum atomic E-state index is 12.3. The molecule has 3 heterocycles. The molecule has 0 aromatic heterocycles. The van der Waals surface area contributed by atoms with E-state index in [1.807, 2.05) is 25.7 Å². The van der Waals surface area contributed by atoms with Crippen LogP contribution in [0.3, 0.4) is 0 Å². The second-order valence-electron chi connectivity index (χ2n) is 8.48. The van der Waals surface area contributed by atoms with E-state index in [2.05, 4.69) is 11.8 Å². The molecule has 0 unspecified atom stereocenters. The van der Waals surface area contributed by atoms with Crippen molar-refractivity contribution in [1.29, 1.82) is 0 Å². The number of fused-ring (bicyclic) bond motifs is 1. The van der Waals surface area contributed by atoms with Gasteiger partial charge in [-0.05, 0) is 39.5 Å². The molecule has 3 rings (SSSR count). The van der Waals surface area contributed by atoms with Crippen molar-refractivity contribution in [1.82, 2.24) is 9.80 Å². The summed E-state index contributed by atoms with van der Waals surface area (Å²) in [5.41, 5.74) is -0.195. The van der Waals surface area contributed by atoms with Crippen molar-refractivity contribution in [2.24, 2.45) is 11.3 Å². The molecule has 0 aromatic carbocycles. The second kappa shape index (κ2) is 5.68. The zero-order valence-corrected chi connectivity index (χ0v) is 14.4. The highest BCUT2D eigenvalue weighted by Gasteiger charge is 2.52. The van der Waals surface area contributed by atoms with Gasteiger partial charge in [-0.3, -0.25) is 4.90 Å². The molecule has 0 saturated carbocycles. The molecule has 0 N–H and O–H groups in total. The monoisotopic (exact) mass is 310 g/mol. The van der Waals surface area contributed by atoms with E-state index in [-0.39, 0.29) is 11.5 Å². The summed E-state index contributed by atoms with van der Waals surface area (Å²) in [5.74, 6) is 0.572. The maximum absolute atomic E-state index is 12.3. The van der Waals surface area contributed by atoms with Crippen molar-refractivity contribution < 1.29 is 14.3 Å². The number of rotatable bonds is 1. The molecule has 1 amide bonds. The van der Waals surface area contributed by atoms with Crippen LogP contribution in [-0.2, 0) is 9.47 Å². The van der Waals surface area contributed by atoms with E-state index >= 15 is 0 Å². The van der Waals surface area contributed by atoms with Crippen LogP contribution in [0.15, 0.2) is 0 Å². The summed E-state index contributed by atoms with van der Waals surface area (Å²) in [4.78, 5) is 16.8. The highest BCUT2D eigenvalue weighted by atomic mass is 16.6. The van der Waals surface area contributed by atoms with Crippen LogP contribution in [0.5, 0.6) is 0 Å². The van der Waals surface area contributed by atoms with Crippen LogP contribution in [0.1, 0.15) is 40.5 Å². The zero-order chi connectivity index (χ0) is 16.0. The van der Waals surface area contributed by atoms with Gasteiger partial charge >= 0.3 is 6.09 Å². The summed E-state index contributed by atoms with van der Waals surface area (Å²) < 4.78 is 11.0. The van der Waals surface area contributed by atoms with E-state index in [0.29, 0.717) is 12.0 Å². The number of hydrogen-bond donors (Lipinski definition) is 0. The third kappa shape index (κ3) is 3.25. The van der Waals surface area contributed by atoms with Gasteiger partial charge in [0.1, 0.15) is 5.60 Å². The Morgan fingerprint density at radius 3 is 2.45 bits per heavy atom. The Morgan fingerprint density at radius 2 is 1.86 bits per heavy atom. The lowest BCUT2D eigenvalue weighted by atomic mass is 9.83. The largest absolute Gasteiger partial charge is 0.444 e. The Kier molecular flexibility index (Phi) is 4.14. The summed E-state index contributed by atoms with van der Waals surface area (Å²) in [5, 5.41) is 0. The molecular formula is C17H30N2O3. The van der Waals surface area contributed by atoms with E-state index in [4.69, 9.17) is 9.47 Å². The molecule has 3 saturated heterocycles. The average molecular weight is 310 g/mol. The van der Waals surface area contributed by atoms with E-state index < -0.39 is 5.60 Å². The Labute approximate surface area is 133 Å². The van der Waals surface area contributed by atoms with Gasteiger partial charge < -0.3 is 14.4 Å². The molecule has 0 bridgehead atoms. The Bertz CT molecular complexity index is 428. The van der Waals surface area contributed by atoms with Crippen molar-refractivity contribution in [3.05, 3.63) is 0 Å². The van der Waals surface area contributed by atoms with Gasteiger partial charge in [0.05, 0.1) is 0 Å². The van der Waals surface area contributed by atoms with E-state index in [9.17, 15) is 4.79 Å². The molecule has 0 spiro atoms. The predicted molar refractivity (Wildman–Crippen MR) is 84.8 cm³/mol. The molecule has 2 atom stereocenters. The van der Waals surface area contributed by atoms with Gasteiger partial charge in [-0.15, -0.1) is 0 Å². The summed E-state index contributed by atoms with van der Waals surface area (Å²) in [6, 6.07) is 0.672. The third-order valence-electron chi connectivity index (χ3n) is 5.36. The Morgan fingerprint density at radius 1 is 1.18 bits per heavy atom. The molecule has 22 heavy (non-hydrogen) atoms. The van der Waals surface area contributed by atoms with Crippen molar-refractivity contribution in [2.45, 2.75) is 52.2 Å². The number of likely N-dealkylation sites (tertiary alicyclic amines) is 2. The van der Waals surface area contributed by atoms with Gasteiger partial charge in [0.15, 0.2) is 0 Å². The number of amides is 1. The van der Waals surface area contributed by atoms with Gasteiger partial charge in [0, 0.05) is 50.8 Å². The number of ether oxygens (including phenoxy) is 2. The van der Waals surface area contributed by atoms with Crippen LogP contribution in [-0.4, -0.2) is 66.9 Å². The first-order valence-electron chi connectivity index (χ1n) is 8.57. The fraction of sp³-hybridized carbons (Fsp3) is 0.941. The van der Waals surface area contributed by atoms with Crippen LogP contribution in [0.4, 0.5) is 4.79 Å². The minimum Gasteiger partial charge on any atom is -0.444 e. The van der Waals surface area contributed by atoms with E-state index in [1.54, 1.807) is 0 Å². The smallest absolute Gasteiger partial charge is 0.410 e. The van der Waals surface area contributed by atoms with Gasteiger partial charge in [-0.25, -0.2) is 4.79 Å². The fourth-order valence-corrected chi connectivity index (χ4v) is 4.18. The molecule has 5 heteroatoms. The molecule has 5 nitrogen and oxygen atoms in total. The molecule has 0 aromatic rings. The van der Waals surface area contributed by atoms with E-state index in [1.165, 1.54) is 0 Å². The summed E-state index contributed by atoms with van der Waals surface area (Å²) in [6.07, 6.45) is 2.15. The first kappa shape index (κ1) is 16.1. The summed E-state index contributed by atoms with van der Waals surface area (Å²) in [6.45, 7) is 13.8. The van der Waals surface area contributed by atoms with Crippen molar-refractivity contribution in [2.75, 3.05) is 39.4 Å². The van der Waals surface area contributed by atoms with Crippen LogP contribution < -0.4 is 0 Å². The molecule has 126 valence electrons. The van der Waals surface area contributed by atoms with Crippen molar-refractivity contribution >= 4 is 6.09 Å². The molecule has 3 fully saturated rings. The highest BCUT2D eigenvalue weighted by molar-refractivity contribution is 5.68. The lowest BCUT2D eigenvalue weighted by Crippen LogP contribution is -2.42. The van der Waals surface area contributed by atoms with E-state index in [0.717, 1.165) is 52.2 Å². The van der Waals surface area contributed by atoms with Crippen LogP contribution in [0.25, 0.3) is 0 Å².